The summed E-state index contributed by atoms with van der Waals surface area (Å²) in [5, 5.41) is 14.6. The van der Waals surface area contributed by atoms with Gasteiger partial charge in [0.25, 0.3) is 5.91 Å². The number of carbonyl (C=O) groups excluding carboxylic acids is 1. The number of ether oxygens (including phenoxy) is 1. The first kappa shape index (κ1) is 21.1. The molecule has 0 radical (unpaired) electrons. The van der Waals surface area contributed by atoms with Crippen LogP contribution in [0.5, 0.6) is 5.75 Å². The molecule has 5 rings (SSSR count). The van der Waals surface area contributed by atoms with Crippen molar-refractivity contribution in [3.63, 3.8) is 0 Å². The maximum Gasteiger partial charge on any atom is 0.251 e. The number of aliphatic hydroxyl groups is 1. The highest BCUT2D eigenvalue weighted by molar-refractivity contribution is 5.94. The van der Waals surface area contributed by atoms with Gasteiger partial charge in [0.05, 0.1) is 12.7 Å². The van der Waals surface area contributed by atoms with Gasteiger partial charge in [-0.1, -0.05) is 19.9 Å². The zero-order chi connectivity index (χ0) is 22.1. The van der Waals surface area contributed by atoms with Gasteiger partial charge in [-0.25, -0.2) is 0 Å². The Bertz CT molecular complexity index is 910. The van der Waals surface area contributed by atoms with Gasteiger partial charge in [0.15, 0.2) is 0 Å². The van der Waals surface area contributed by atoms with Crippen molar-refractivity contribution < 1.29 is 14.6 Å². The quantitative estimate of drug-likeness (QED) is 0.652. The highest BCUT2D eigenvalue weighted by Crippen LogP contribution is 2.71. The van der Waals surface area contributed by atoms with Crippen LogP contribution >= 0.6 is 0 Å². The summed E-state index contributed by atoms with van der Waals surface area (Å²) in [7, 11) is 1.64. The Labute approximate surface area is 186 Å². The third-order valence-corrected chi connectivity index (χ3v) is 9.91. The van der Waals surface area contributed by atoms with Gasteiger partial charge in [0.1, 0.15) is 5.75 Å². The minimum atomic E-state index is -0.625. The molecule has 4 aliphatic carbocycles. The number of hydrogen-bond donors (Lipinski definition) is 2. The summed E-state index contributed by atoms with van der Waals surface area (Å²) in [6.07, 6.45) is 9.51. The smallest absolute Gasteiger partial charge is 0.251 e. The molecule has 0 heterocycles. The zero-order valence-corrected chi connectivity index (χ0v) is 19.3. The SMILES string of the molecule is C=C1C[C@@]23CC[C@H]4[C@@](C)(CCC[C@@]4(C)NC(=O)c4ccc(OC)cc4)[C@@H]2CC[C@]1(O)C3. The van der Waals surface area contributed by atoms with Crippen molar-refractivity contribution in [1.29, 1.82) is 0 Å². The molecule has 1 amide bonds. The number of amides is 1. The Hall–Kier alpha value is -1.81. The second-order valence-corrected chi connectivity index (χ2v) is 11.5. The fraction of sp³-hybridized carbons (Fsp3) is 0.667. The van der Waals surface area contributed by atoms with E-state index in [1.165, 1.54) is 6.42 Å². The van der Waals surface area contributed by atoms with E-state index in [-0.39, 0.29) is 22.3 Å². The van der Waals surface area contributed by atoms with E-state index in [0.29, 0.717) is 17.4 Å². The molecule has 4 saturated carbocycles. The fourth-order valence-electron chi connectivity index (χ4n) is 8.57. The Kier molecular flexibility index (Phi) is 4.65. The lowest BCUT2D eigenvalue weighted by Gasteiger charge is -2.64. The minimum absolute atomic E-state index is 0.0157. The molecule has 0 unspecified atom stereocenters. The molecule has 1 aromatic carbocycles. The maximum atomic E-state index is 13.2. The molecule has 4 nitrogen and oxygen atoms in total. The first-order chi connectivity index (χ1) is 14.6. The van der Waals surface area contributed by atoms with Crippen molar-refractivity contribution in [3.05, 3.63) is 42.0 Å². The van der Waals surface area contributed by atoms with Crippen molar-refractivity contribution in [3.8, 4) is 5.75 Å². The van der Waals surface area contributed by atoms with Gasteiger partial charge in [0, 0.05) is 11.1 Å². The highest BCUT2D eigenvalue weighted by atomic mass is 16.5. The van der Waals surface area contributed by atoms with Gasteiger partial charge >= 0.3 is 0 Å². The van der Waals surface area contributed by atoms with E-state index in [0.717, 1.165) is 62.7 Å². The van der Waals surface area contributed by atoms with Crippen molar-refractivity contribution in [2.75, 3.05) is 7.11 Å². The van der Waals surface area contributed by atoms with Gasteiger partial charge in [-0.3, -0.25) is 4.79 Å². The van der Waals surface area contributed by atoms with Crippen molar-refractivity contribution in [2.45, 2.75) is 82.8 Å². The van der Waals surface area contributed by atoms with Crippen LogP contribution in [-0.4, -0.2) is 29.3 Å². The Balaban J connectivity index is 1.41. The summed E-state index contributed by atoms with van der Waals surface area (Å²) in [4.78, 5) is 13.2. The van der Waals surface area contributed by atoms with Gasteiger partial charge in [-0.15, -0.1) is 0 Å². The number of carbonyl (C=O) groups is 1. The summed E-state index contributed by atoms with van der Waals surface area (Å²) in [6, 6.07) is 7.40. The third-order valence-electron chi connectivity index (χ3n) is 9.91. The van der Waals surface area contributed by atoms with Gasteiger partial charge < -0.3 is 15.2 Å². The van der Waals surface area contributed by atoms with E-state index in [2.05, 4.69) is 25.7 Å². The molecule has 1 aromatic rings. The second-order valence-electron chi connectivity index (χ2n) is 11.5. The molecule has 0 aromatic heterocycles. The molecule has 2 bridgehead atoms. The van der Waals surface area contributed by atoms with Gasteiger partial charge in [0.2, 0.25) is 0 Å². The van der Waals surface area contributed by atoms with Crippen LogP contribution in [0.2, 0.25) is 0 Å². The lowest BCUT2D eigenvalue weighted by Crippen LogP contribution is -2.64. The highest BCUT2D eigenvalue weighted by Gasteiger charge is 2.66. The number of hydrogen-bond acceptors (Lipinski definition) is 3. The van der Waals surface area contributed by atoms with Crippen LogP contribution in [0.15, 0.2) is 36.4 Å². The van der Waals surface area contributed by atoms with E-state index in [1.807, 2.05) is 24.3 Å². The monoisotopic (exact) mass is 423 g/mol. The number of benzene rings is 1. The zero-order valence-electron chi connectivity index (χ0n) is 19.3. The molecule has 6 atom stereocenters. The lowest BCUT2D eigenvalue weighted by atomic mass is 9.42. The molecular weight excluding hydrogens is 386 g/mol. The molecule has 2 N–H and O–H groups in total. The normalized spacial score (nSPS) is 43.7. The summed E-state index contributed by atoms with van der Waals surface area (Å²) < 4.78 is 5.24. The molecular formula is C27H37NO3. The van der Waals surface area contributed by atoms with Crippen LogP contribution in [-0.2, 0) is 0 Å². The van der Waals surface area contributed by atoms with Crippen LogP contribution in [0, 0.1) is 22.7 Å². The summed E-state index contributed by atoms with van der Waals surface area (Å²) in [5.74, 6) is 1.85. The Morgan fingerprint density at radius 1 is 1.10 bits per heavy atom. The minimum Gasteiger partial charge on any atom is -0.497 e. The largest absolute Gasteiger partial charge is 0.497 e. The molecule has 4 fully saturated rings. The van der Waals surface area contributed by atoms with E-state index < -0.39 is 5.60 Å². The first-order valence-electron chi connectivity index (χ1n) is 12.0. The predicted molar refractivity (Wildman–Crippen MR) is 122 cm³/mol. The number of rotatable bonds is 3. The summed E-state index contributed by atoms with van der Waals surface area (Å²) in [6.45, 7) is 9.05. The number of methoxy groups -OCH3 is 1. The summed E-state index contributed by atoms with van der Waals surface area (Å²) in [5.41, 5.74) is 1.35. The fourth-order valence-corrected chi connectivity index (χ4v) is 8.57. The van der Waals surface area contributed by atoms with Crippen LogP contribution < -0.4 is 10.1 Å². The summed E-state index contributed by atoms with van der Waals surface area (Å²) >= 11 is 0. The first-order valence-corrected chi connectivity index (χ1v) is 12.0. The Morgan fingerprint density at radius 2 is 1.81 bits per heavy atom. The molecule has 1 spiro atoms. The van der Waals surface area contributed by atoms with Crippen LogP contribution in [0.3, 0.4) is 0 Å². The second kappa shape index (κ2) is 6.84. The maximum absolute atomic E-state index is 13.2. The number of fused-ring (bicyclic) bond motifs is 3. The standard InChI is InChI=1S/C27H37NO3/c1-18-16-26-14-10-21-24(2,22(26)11-15-27(18,30)17-26)12-5-13-25(21,3)28-23(29)19-6-8-20(31-4)9-7-19/h6-9,21-22,30H,1,5,10-17H2,2-4H3,(H,28,29)/t21-,22-,24+,25+,26+,27-/m0/s1. The predicted octanol–water partition coefficient (Wildman–Crippen LogP) is 5.26. The molecule has 0 saturated heterocycles. The van der Waals surface area contributed by atoms with Crippen LogP contribution in [0.1, 0.15) is 82.0 Å². The molecule has 168 valence electrons. The number of nitrogens with one attached hydrogen (secondary N) is 1. The van der Waals surface area contributed by atoms with Gasteiger partial charge in [-0.2, -0.15) is 0 Å². The van der Waals surface area contributed by atoms with E-state index >= 15 is 0 Å². The van der Waals surface area contributed by atoms with E-state index in [4.69, 9.17) is 4.74 Å². The molecule has 31 heavy (non-hydrogen) atoms. The topological polar surface area (TPSA) is 58.6 Å². The van der Waals surface area contributed by atoms with Crippen molar-refractivity contribution >= 4 is 5.91 Å². The van der Waals surface area contributed by atoms with Crippen LogP contribution in [0.4, 0.5) is 0 Å². The lowest BCUT2D eigenvalue weighted by molar-refractivity contribution is -0.148. The average molecular weight is 424 g/mol. The van der Waals surface area contributed by atoms with E-state index in [1.54, 1.807) is 7.11 Å². The third kappa shape index (κ3) is 3.01. The molecule has 0 aliphatic heterocycles. The molecule has 4 heteroatoms. The van der Waals surface area contributed by atoms with Crippen molar-refractivity contribution in [1.82, 2.24) is 5.32 Å². The average Bonchev–Trinajstić information content (AvgIpc) is 2.91. The Morgan fingerprint density at radius 3 is 2.52 bits per heavy atom. The van der Waals surface area contributed by atoms with Gasteiger partial charge in [-0.05, 0) is 111 Å². The van der Waals surface area contributed by atoms with Crippen LogP contribution in [0.25, 0.3) is 0 Å². The van der Waals surface area contributed by atoms with E-state index in [9.17, 15) is 9.90 Å². The molecule has 4 aliphatic rings. The van der Waals surface area contributed by atoms with Crippen molar-refractivity contribution in [2.24, 2.45) is 22.7 Å².